The Morgan fingerprint density at radius 3 is 2.41 bits per heavy atom. The first kappa shape index (κ1) is 15.0. The van der Waals surface area contributed by atoms with E-state index in [4.69, 9.17) is 0 Å². The number of hydrogen-bond donors (Lipinski definition) is 1. The molecule has 1 nitrogen and oxygen atoms in total. The van der Waals surface area contributed by atoms with Crippen LogP contribution >= 0.6 is 0 Å². The van der Waals surface area contributed by atoms with Crippen molar-refractivity contribution in [1.29, 1.82) is 0 Å². The molecule has 0 heterocycles. The van der Waals surface area contributed by atoms with Crippen LogP contribution in [0.4, 0.5) is 0 Å². The molecule has 2 atom stereocenters. The molecular weight excluding hydrogens is 206 g/mol. The lowest BCUT2D eigenvalue weighted by Crippen LogP contribution is -2.36. The lowest BCUT2D eigenvalue weighted by atomic mass is 9.82. The van der Waals surface area contributed by atoms with E-state index in [1.807, 2.05) is 0 Å². The van der Waals surface area contributed by atoms with Crippen molar-refractivity contribution in [2.75, 3.05) is 6.54 Å². The summed E-state index contributed by atoms with van der Waals surface area (Å²) in [4.78, 5) is 0. The minimum Gasteiger partial charge on any atom is -0.314 e. The van der Waals surface area contributed by atoms with Crippen molar-refractivity contribution in [3.05, 3.63) is 0 Å². The third kappa shape index (κ3) is 5.42. The standard InChI is InChI=1S/C16H33N/c1-13(15(2,3)4)12-17-14-8-7-10-16(5,6)11-9-14/h13-14,17H,7-12H2,1-6H3. The van der Waals surface area contributed by atoms with Crippen LogP contribution < -0.4 is 5.32 Å². The highest BCUT2D eigenvalue weighted by Gasteiger charge is 2.25. The molecule has 1 aliphatic carbocycles. The van der Waals surface area contributed by atoms with E-state index in [0.717, 1.165) is 12.0 Å². The predicted molar refractivity (Wildman–Crippen MR) is 77.3 cm³/mol. The first-order valence-corrected chi connectivity index (χ1v) is 7.44. The highest BCUT2D eigenvalue weighted by Crippen LogP contribution is 2.34. The molecule has 1 rings (SSSR count). The van der Waals surface area contributed by atoms with Crippen LogP contribution in [-0.2, 0) is 0 Å². The Balaban J connectivity index is 2.33. The zero-order chi connectivity index (χ0) is 13.1. The maximum absolute atomic E-state index is 3.81. The van der Waals surface area contributed by atoms with Gasteiger partial charge >= 0.3 is 0 Å². The van der Waals surface area contributed by atoms with E-state index in [1.54, 1.807) is 0 Å². The summed E-state index contributed by atoms with van der Waals surface area (Å²) < 4.78 is 0. The molecule has 0 aromatic carbocycles. The highest BCUT2D eigenvalue weighted by molar-refractivity contribution is 4.81. The zero-order valence-electron chi connectivity index (χ0n) is 12.9. The van der Waals surface area contributed by atoms with Crippen LogP contribution in [0.3, 0.4) is 0 Å². The van der Waals surface area contributed by atoms with Crippen molar-refractivity contribution in [1.82, 2.24) is 5.32 Å². The van der Waals surface area contributed by atoms with Crippen LogP contribution in [0.1, 0.15) is 73.6 Å². The van der Waals surface area contributed by atoms with Gasteiger partial charge < -0.3 is 5.32 Å². The van der Waals surface area contributed by atoms with Crippen LogP contribution in [-0.4, -0.2) is 12.6 Å². The van der Waals surface area contributed by atoms with Crippen LogP contribution in [0.25, 0.3) is 0 Å². The molecule has 0 aromatic rings. The highest BCUT2D eigenvalue weighted by atomic mass is 14.9. The molecule has 0 radical (unpaired) electrons. The van der Waals surface area contributed by atoms with Gasteiger partial charge in [0.05, 0.1) is 0 Å². The van der Waals surface area contributed by atoms with Gasteiger partial charge in [-0.1, -0.05) is 48.0 Å². The van der Waals surface area contributed by atoms with E-state index in [0.29, 0.717) is 10.8 Å². The summed E-state index contributed by atoms with van der Waals surface area (Å²) in [7, 11) is 0. The first-order chi connectivity index (χ1) is 7.71. The molecule has 17 heavy (non-hydrogen) atoms. The van der Waals surface area contributed by atoms with Crippen molar-refractivity contribution in [3.8, 4) is 0 Å². The van der Waals surface area contributed by atoms with Crippen LogP contribution in [0.15, 0.2) is 0 Å². The molecule has 0 bridgehead atoms. The van der Waals surface area contributed by atoms with Gasteiger partial charge in [-0.05, 0) is 49.0 Å². The Hall–Kier alpha value is -0.0400. The smallest absolute Gasteiger partial charge is 0.00673 e. The molecule has 102 valence electrons. The average molecular weight is 239 g/mol. The van der Waals surface area contributed by atoms with Gasteiger partial charge in [0.15, 0.2) is 0 Å². The van der Waals surface area contributed by atoms with Crippen molar-refractivity contribution >= 4 is 0 Å². The fourth-order valence-corrected chi connectivity index (χ4v) is 2.52. The van der Waals surface area contributed by atoms with Crippen molar-refractivity contribution in [2.45, 2.75) is 79.7 Å². The molecule has 0 amide bonds. The average Bonchev–Trinajstić information content (AvgIpc) is 2.34. The Kier molecular flexibility index (Phi) is 5.07. The summed E-state index contributed by atoms with van der Waals surface area (Å²) in [6.07, 6.45) is 6.92. The Bertz CT molecular complexity index is 224. The normalized spacial score (nSPS) is 27.5. The van der Waals surface area contributed by atoms with E-state index >= 15 is 0 Å². The molecular formula is C16H33N. The van der Waals surface area contributed by atoms with Gasteiger partial charge in [0, 0.05) is 6.04 Å². The third-order valence-corrected chi connectivity index (χ3v) is 4.77. The molecule has 1 fully saturated rings. The molecule has 1 aliphatic rings. The number of nitrogens with one attached hydrogen (secondary N) is 1. The van der Waals surface area contributed by atoms with Gasteiger partial charge in [-0.3, -0.25) is 0 Å². The van der Waals surface area contributed by atoms with Gasteiger partial charge in [0.1, 0.15) is 0 Å². The van der Waals surface area contributed by atoms with E-state index in [1.165, 1.54) is 38.6 Å². The molecule has 0 aliphatic heterocycles. The van der Waals surface area contributed by atoms with E-state index in [9.17, 15) is 0 Å². The summed E-state index contributed by atoms with van der Waals surface area (Å²) in [5.74, 6) is 0.749. The second-order valence-electron chi connectivity index (χ2n) is 7.97. The van der Waals surface area contributed by atoms with Gasteiger partial charge in [-0.25, -0.2) is 0 Å². The summed E-state index contributed by atoms with van der Waals surface area (Å²) in [5, 5.41) is 3.81. The fourth-order valence-electron chi connectivity index (χ4n) is 2.52. The maximum atomic E-state index is 3.81. The van der Waals surface area contributed by atoms with Crippen molar-refractivity contribution < 1.29 is 0 Å². The van der Waals surface area contributed by atoms with Crippen molar-refractivity contribution in [3.63, 3.8) is 0 Å². The van der Waals surface area contributed by atoms with Gasteiger partial charge in [0.25, 0.3) is 0 Å². The molecule has 1 heteroatoms. The zero-order valence-corrected chi connectivity index (χ0v) is 12.9. The summed E-state index contributed by atoms with van der Waals surface area (Å²) in [6, 6.07) is 0.765. The van der Waals surface area contributed by atoms with Crippen LogP contribution in [0.5, 0.6) is 0 Å². The molecule has 0 spiro atoms. The van der Waals surface area contributed by atoms with E-state index in [2.05, 4.69) is 46.9 Å². The lowest BCUT2D eigenvalue weighted by molar-refractivity contribution is 0.240. The maximum Gasteiger partial charge on any atom is 0.00673 e. The summed E-state index contributed by atoms with van der Waals surface area (Å²) in [6.45, 7) is 15.4. The van der Waals surface area contributed by atoms with E-state index in [-0.39, 0.29) is 0 Å². The van der Waals surface area contributed by atoms with Crippen LogP contribution in [0.2, 0.25) is 0 Å². The number of rotatable bonds is 3. The molecule has 0 aromatic heterocycles. The lowest BCUT2D eigenvalue weighted by Gasteiger charge is -2.29. The molecule has 2 unspecified atom stereocenters. The topological polar surface area (TPSA) is 12.0 Å². The SMILES string of the molecule is CC(CNC1CCCC(C)(C)CC1)C(C)(C)C. The summed E-state index contributed by atoms with van der Waals surface area (Å²) in [5.41, 5.74) is 1.00. The Morgan fingerprint density at radius 2 is 1.82 bits per heavy atom. The largest absolute Gasteiger partial charge is 0.314 e. The minimum atomic E-state index is 0.428. The second-order valence-corrected chi connectivity index (χ2v) is 7.97. The monoisotopic (exact) mass is 239 g/mol. The number of hydrogen-bond acceptors (Lipinski definition) is 1. The fraction of sp³-hybridized carbons (Fsp3) is 1.00. The molecule has 1 N–H and O–H groups in total. The quantitative estimate of drug-likeness (QED) is 0.709. The van der Waals surface area contributed by atoms with Crippen LogP contribution in [0, 0.1) is 16.7 Å². The molecule has 0 saturated heterocycles. The Morgan fingerprint density at radius 1 is 1.18 bits per heavy atom. The van der Waals surface area contributed by atoms with Crippen molar-refractivity contribution in [2.24, 2.45) is 16.7 Å². The summed E-state index contributed by atoms with van der Waals surface area (Å²) >= 11 is 0. The Labute approximate surface area is 109 Å². The third-order valence-electron chi connectivity index (χ3n) is 4.77. The molecule has 1 saturated carbocycles. The van der Waals surface area contributed by atoms with Gasteiger partial charge in [0.2, 0.25) is 0 Å². The van der Waals surface area contributed by atoms with E-state index < -0.39 is 0 Å². The first-order valence-electron chi connectivity index (χ1n) is 7.44. The predicted octanol–water partition coefficient (Wildman–Crippen LogP) is 4.62. The second kappa shape index (κ2) is 5.73. The van der Waals surface area contributed by atoms with Gasteiger partial charge in [-0.15, -0.1) is 0 Å². The minimum absolute atomic E-state index is 0.428. The van der Waals surface area contributed by atoms with Gasteiger partial charge in [-0.2, -0.15) is 0 Å².